The van der Waals surface area contributed by atoms with Gasteiger partial charge in [-0.2, -0.15) is 45.6 Å². The molecule has 0 aliphatic heterocycles. The van der Waals surface area contributed by atoms with Gasteiger partial charge in [0.2, 0.25) is 0 Å². The fourth-order valence-corrected chi connectivity index (χ4v) is 4.87. The first-order valence-electron chi connectivity index (χ1n) is 11.7. The van der Waals surface area contributed by atoms with Gasteiger partial charge in [0, 0.05) is 15.6 Å². The van der Waals surface area contributed by atoms with Gasteiger partial charge in [0.1, 0.15) is 6.07 Å². The minimum absolute atomic E-state index is 0.0400. The summed E-state index contributed by atoms with van der Waals surface area (Å²) < 4.78 is 136. The largest absolute Gasteiger partial charge is 0.457 e. The van der Waals surface area contributed by atoms with Crippen LogP contribution in [0.1, 0.15) is 43.0 Å². The fraction of sp³-hybridized carbons (Fsp3) is 0.185. The van der Waals surface area contributed by atoms with Crippen molar-refractivity contribution in [1.82, 2.24) is 0 Å². The molecule has 0 aromatic heterocycles. The standard InChI is InChI=1S/C27H12BrClF10N4O2/c1-11-6-12(9-40)2-4-15(11)22(44)42-20-13(10-41)3-5-16(19(20)30)23(45)43-21-17(28)7-14(8-18(21)29)24(31,26(34,35)36)25(32,33)27(37,38)39/h2-8H,1H3,(H,42,44)(H,43,45). The smallest absolute Gasteiger partial charge is 0.320 e. The minimum atomic E-state index is -7.00. The van der Waals surface area contributed by atoms with Gasteiger partial charge < -0.3 is 10.6 Å². The van der Waals surface area contributed by atoms with Crippen LogP contribution < -0.4 is 10.6 Å². The molecule has 0 spiro atoms. The number of aryl methyl sites for hydroxylation is 1. The number of hydrogen-bond donors (Lipinski definition) is 2. The monoisotopic (exact) mass is 728 g/mol. The van der Waals surface area contributed by atoms with Gasteiger partial charge in [-0.05, 0) is 70.9 Å². The number of benzene rings is 3. The van der Waals surface area contributed by atoms with E-state index in [1.807, 2.05) is 11.4 Å². The van der Waals surface area contributed by atoms with E-state index >= 15 is 4.39 Å². The zero-order chi connectivity index (χ0) is 34.3. The van der Waals surface area contributed by atoms with Gasteiger partial charge in [0.25, 0.3) is 11.8 Å². The van der Waals surface area contributed by atoms with Crippen molar-refractivity contribution in [1.29, 1.82) is 10.5 Å². The van der Waals surface area contributed by atoms with E-state index in [1.165, 1.54) is 25.1 Å². The molecule has 0 radical (unpaired) electrons. The summed E-state index contributed by atoms with van der Waals surface area (Å²) in [5.41, 5.74) is -11.1. The van der Waals surface area contributed by atoms with Gasteiger partial charge in [-0.1, -0.05) is 11.6 Å². The molecule has 0 bridgehead atoms. The molecular weight excluding hydrogens is 718 g/mol. The number of nitriles is 2. The topological polar surface area (TPSA) is 106 Å². The molecular formula is C27H12BrClF10N4O2. The lowest BCUT2D eigenvalue weighted by molar-refractivity contribution is -0.389. The summed E-state index contributed by atoms with van der Waals surface area (Å²) in [5.74, 6) is -10.9. The first-order valence-corrected chi connectivity index (χ1v) is 12.8. The maximum atomic E-state index is 15.5. The summed E-state index contributed by atoms with van der Waals surface area (Å²) in [6.07, 6.45) is -13.8. The summed E-state index contributed by atoms with van der Waals surface area (Å²) >= 11 is 8.29. The number of carbonyl (C=O) groups is 2. The first-order chi connectivity index (χ1) is 20.6. The molecule has 45 heavy (non-hydrogen) atoms. The summed E-state index contributed by atoms with van der Waals surface area (Å²) in [5, 5.41) is 21.2. The van der Waals surface area contributed by atoms with E-state index in [2.05, 4.69) is 21.2 Å². The minimum Gasteiger partial charge on any atom is -0.320 e. The summed E-state index contributed by atoms with van der Waals surface area (Å²) in [6.45, 7) is 1.46. The molecule has 0 fully saturated rings. The Morgan fingerprint density at radius 3 is 1.84 bits per heavy atom. The summed E-state index contributed by atoms with van der Waals surface area (Å²) in [7, 11) is 0. The highest BCUT2D eigenvalue weighted by Crippen LogP contribution is 2.59. The zero-order valence-corrected chi connectivity index (χ0v) is 24.1. The highest BCUT2D eigenvalue weighted by Gasteiger charge is 2.81. The van der Waals surface area contributed by atoms with Gasteiger partial charge >= 0.3 is 23.9 Å². The highest BCUT2D eigenvalue weighted by atomic mass is 79.9. The van der Waals surface area contributed by atoms with Crippen molar-refractivity contribution in [2.24, 2.45) is 0 Å². The lowest BCUT2D eigenvalue weighted by atomic mass is 9.87. The van der Waals surface area contributed by atoms with E-state index in [-0.39, 0.29) is 28.8 Å². The molecule has 3 aromatic carbocycles. The second-order valence-corrected chi connectivity index (χ2v) is 10.3. The number of anilines is 2. The van der Waals surface area contributed by atoms with Crippen LogP contribution in [0.25, 0.3) is 0 Å². The van der Waals surface area contributed by atoms with Crippen LogP contribution in [0.5, 0.6) is 0 Å². The van der Waals surface area contributed by atoms with E-state index in [0.29, 0.717) is 0 Å². The molecule has 0 aliphatic carbocycles. The van der Waals surface area contributed by atoms with Crippen LogP contribution in [0.15, 0.2) is 46.9 Å². The van der Waals surface area contributed by atoms with E-state index < -0.39 is 79.1 Å². The van der Waals surface area contributed by atoms with Crippen molar-refractivity contribution in [3.8, 4) is 12.1 Å². The van der Waals surface area contributed by atoms with Crippen molar-refractivity contribution in [3.05, 3.63) is 91.2 Å². The van der Waals surface area contributed by atoms with E-state index in [1.54, 1.807) is 6.07 Å². The Bertz CT molecular complexity index is 1780. The van der Waals surface area contributed by atoms with E-state index in [0.717, 1.165) is 12.1 Å². The average molecular weight is 730 g/mol. The van der Waals surface area contributed by atoms with Gasteiger partial charge in [0.15, 0.2) is 5.82 Å². The lowest BCUT2D eigenvalue weighted by Crippen LogP contribution is -2.59. The van der Waals surface area contributed by atoms with Crippen LogP contribution in [0.4, 0.5) is 55.3 Å². The fourth-order valence-electron chi connectivity index (χ4n) is 3.93. The number of amides is 2. The third-order valence-corrected chi connectivity index (χ3v) is 7.13. The lowest BCUT2D eigenvalue weighted by Gasteiger charge is -2.36. The Kier molecular flexibility index (Phi) is 9.53. The van der Waals surface area contributed by atoms with Gasteiger partial charge in [0.05, 0.1) is 39.2 Å². The highest BCUT2D eigenvalue weighted by molar-refractivity contribution is 9.10. The molecule has 2 amide bonds. The predicted molar refractivity (Wildman–Crippen MR) is 142 cm³/mol. The Morgan fingerprint density at radius 2 is 1.36 bits per heavy atom. The number of alkyl halides is 9. The number of hydrogen-bond acceptors (Lipinski definition) is 4. The van der Waals surface area contributed by atoms with Crippen molar-refractivity contribution < 1.29 is 53.5 Å². The van der Waals surface area contributed by atoms with Gasteiger partial charge in [-0.15, -0.1) is 0 Å². The first kappa shape index (κ1) is 35.1. The maximum absolute atomic E-state index is 15.5. The molecule has 2 N–H and O–H groups in total. The van der Waals surface area contributed by atoms with Crippen molar-refractivity contribution in [2.45, 2.75) is 30.9 Å². The Balaban J connectivity index is 2.03. The molecule has 0 heterocycles. The normalized spacial score (nSPS) is 13.3. The van der Waals surface area contributed by atoms with Crippen LogP contribution in [0.2, 0.25) is 5.02 Å². The Labute approximate surface area is 259 Å². The number of halogens is 12. The number of rotatable bonds is 6. The van der Waals surface area contributed by atoms with Gasteiger partial charge in [-0.3, -0.25) is 9.59 Å². The third-order valence-electron chi connectivity index (χ3n) is 6.20. The SMILES string of the molecule is Cc1cc(C#N)ccc1C(=O)Nc1c(C#N)ccc(C(=O)Nc2c(Cl)cc(C(F)(C(F)(F)F)C(F)(F)C(F)(F)F)cc2Br)c1F. The molecule has 3 aromatic rings. The molecule has 1 unspecified atom stereocenters. The molecule has 0 aliphatic rings. The van der Waals surface area contributed by atoms with Crippen LogP contribution in [-0.2, 0) is 5.67 Å². The predicted octanol–water partition coefficient (Wildman–Crippen LogP) is 8.72. The van der Waals surface area contributed by atoms with Crippen LogP contribution in [0.3, 0.4) is 0 Å². The maximum Gasteiger partial charge on any atom is 0.457 e. The second kappa shape index (κ2) is 12.2. The molecule has 0 saturated carbocycles. The second-order valence-electron chi connectivity index (χ2n) is 9.05. The zero-order valence-electron chi connectivity index (χ0n) is 21.8. The van der Waals surface area contributed by atoms with E-state index in [4.69, 9.17) is 16.9 Å². The molecule has 6 nitrogen and oxygen atoms in total. The van der Waals surface area contributed by atoms with Crippen molar-refractivity contribution in [2.75, 3.05) is 10.6 Å². The summed E-state index contributed by atoms with van der Waals surface area (Å²) in [6, 6.07) is 8.60. The van der Waals surface area contributed by atoms with Crippen molar-refractivity contribution >= 4 is 50.7 Å². The van der Waals surface area contributed by atoms with Crippen LogP contribution in [-0.4, -0.2) is 30.1 Å². The number of nitrogens with zero attached hydrogens (tertiary/aromatic N) is 2. The molecule has 1 atom stereocenters. The number of nitrogens with one attached hydrogen (secondary N) is 2. The Morgan fingerprint density at radius 1 is 0.800 bits per heavy atom. The Hall–Kier alpha value is -4.35. The van der Waals surface area contributed by atoms with Crippen molar-refractivity contribution in [3.63, 3.8) is 0 Å². The molecule has 236 valence electrons. The number of carbonyl (C=O) groups excluding carboxylic acids is 2. The average Bonchev–Trinajstić information content (AvgIpc) is 2.93. The molecule has 3 rings (SSSR count). The van der Waals surface area contributed by atoms with E-state index in [9.17, 15) is 54.4 Å². The van der Waals surface area contributed by atoms with Crippen LogP contribution >= 0.6 is 27.5 Å². The quantitative estimate of drug-likeness (QED) is 0.248. The molecule has 0 saturated heterocycles. The van der Waals surface area contributed by atoms with Gasteiger partial charge in [-0.25, -0.2) is 8.78 Å². The third kappa shape index (κ3) is 6.27. The summed E-state index contributed by atoms with van der Waals surface area (Å²) in [4.78, 5) is 25.7. The van der Waals surface area contributed by atoms with Crippen LogP contribution in [0, 0.1) is 35.4 Å². The molecule has 18 heteroatoms.